The van der Waals surface area contributed by atoms with Crippen LogP contribution in [0.1, 0.15) is 19.3 Å². The molecule has 2 aliphatic heterocycles. The quantitative estimate of drug-likeness (QED) is 0.636. The van der Waals surface area contributed by atoms with E-state index in [1.165, 1.54) is 0 Å². The number of hydrogen-bond donors (Lipinski definition) is 1. The van der Waals surface area contributed by atoms with Crippen LogP contribution in [0.3, 0.4) is 0 Å². The molecule has 0 aromatic carbocycles. The van der Waals surface area contributed by atoms with E-state index in [4.69, 9.17) is 0 Å². The lowest BCUT2D eigenvalue weighted by Gasteiger charge is -2.15. The molecule has 1 N–H and O–H groups in total. The van der Waals surface area contributed by atoms with Crippen molar-refractivity contribution in [3.63, 3.8) is 0 Å². The van der Waals surface area contributed by atoms with Gasteiger partial charge in [0.25, 0.3) is 0 Å². The van der Waals surface area contributed by atoms with Crippen molar-refractivity contribution >= 4 is 15.7 Å². The van der Waals surface area contributed by atoms with Gasteiger partial charge in [-0.25, -0.2) is 8.42 Å². The number of rotatable bonds is 1. The van der Waals surface area contributed by atoms with Crippen LogP contribution in [0.2, 0.25) is 0 Å². The van der Waals surface area contributed by atoms with Crippen LogP contribution < -0.4 is 5.32 Å². The van der Waals surface area contributed by atoms with E-state index in [0.29, 0.717) is 18.6 Å². The van der Waals surface area contributed by atoms with Crippen molar-refractivity contribution in [3.8, 4) is 0 Å². The van der Waals surface area contributed by atoms with Crippen molar-refractivity contribution < 1.29 is 13.2 Å². The maximum Gasteiger partial charge on any atom is 0.220 e. The predicted octanol–water partition coefficient (Wildman–Crippen LogP) is -0.300. The lowest BCUT2D eigenvalue weighted by Crippen LogP contribution is -2.33. The fourth-order valence-corrected chi connectivity index (χ4v) is 4.01. The minimum Gasteiger partial charge on any atom is -0.353 e. The molecule has 4 nitrogen and oxygen atoms in total. The second kappa shape index (κ2) is 2.97. The summed E-state index contributed by atoms with van der Waals surface area (Å²) in [6, 6.07) is 0.116. The Kier molecular flexibility index (Phi) is 2.06. The van der Waals surface area contributed by atoms with Gasteiger partial charge in [0.15, 0.2) is 9.84 Å². The molecule has 0 saturated carbocycles. The molecular weight excluding hydrogens is 190 g/mol. The van der Waals surface area contributed by atoms with E-state index in [9.17, 15) is 13.2 Å². The van der Waals surface area contributed by atoms with Gasteiger partial charge in [0, 0.05) is 12.5 Å². The third-order valence-corrected chi connectivity index (χ3v) is 4.66. The number of nitrogens with one attached hydrogen (secondary N) is 1. The van der Waals surface area contributed by atoms with E-state index >= 15 is 0 Å². The predicted molar refractivity (Wildman–Crippen MR) is 47.9 cm³/mol. The van der Waals surface area contributed by atoms with Crippen molar-refractivity contribution in [3.05, 3.63) is 0 Å². The van der Waals surface area contributed by atoms with Crippen LogP contribution in [0.5, 0.6) is 0 Å². The molecule has 13 heavy (non-hydrogen) atoms. The van der Waals surface area contributed by atoms with E-state index in [1.54, 1.807) is 0 Å². The normalized spacial score (nSPS) is 37.7. The highest BCUT2D eigenvalue weighted by Crippen LogP contribution is 2.26. The van der Waals surface area contributed by atoms with Gasteiger partial charge in [-0.2, -0.15) is 0 Å². The zero-order chi connectivity index (χ0) is 9.47. The lowest BCUT2D eigenvalue weighted by molar-refractivity contribution is -0.119. The van der Waals surface area contributed by atoms with Gasteiger partial charge in [-0.15, -0.1) is 0 Å². The molecule has 2 heterocycles. The number of carbonyl (C=O) groups is 1. The van der Waals surface area contributed by atoms with Gasteiger partial charge in [-0.3, -0.25) is 4.79 Å². The molecule has 0 aromatic rings. The monoisotopic (exact) mass is 203 g/mol. The molecule has 0 spiro atoms. The van der Waals surface area contributed by atoms with Gasteiger partial charge < -0.3 is 5.32 Å². The van der Waals surface area contributed by atoms with Crippen LogP contribution in [0.4, 0.5) is 0 Å². The number of amides is 1. The van der Waals surface area contributed by atoms with Crippen molar-refractivity contribution in [2.45, 2.75) is 25.3 Å². The first-order chi connectivity index (χ1) is 6.07. The van der Waals surface area contributed by atoms with E-state index < -0.39 is 9.84 Å². The molecule has 0 aliphatic carbocycles. The fourth-order valence-electron chi connectivity index (χ4n) is 2.13. The molecule has 2 aliphatic rings. The molecule has 2 saturated heterocycles. The molecule has 2 unspecified atom stereocenters. The molecular formula is C8H13NO3S. The van der Waals surface area contributed by atoms with Crippen molar-refractivity contribution in [2.24, 2.45) is 5.92 Å². The molecule has 0 bridgehead atoms. The summed E-state index contributed by atoms with van der Waals surface area (Å²) in [6.45, 7) is 0. The van der Waals surface area contributed by atoms with E-state index in [2.05, 4.69) is 5.32 Å². The Bertz CT molecular complexity index is 322. The van der Waals surface area contributed by atoms with Crippen molar-refractivity contribution in [1.82, 2.24) is 5.32 Å². The molecule has 2 atom stereocenters. The Morgan fingerprint density at radius 3 is 2.54 bits per heavy atom. The first-order valence-corrected chi connectivity index (χ1v) is 6.39. The standard InChI is InChI=1S/C8H13NO3S/c10-8-2-1-7(9-8)6-3-4-13(11,12)5-6/h6-7H,1-5H2,(H,9,10). The Balaban J connectivity index is 2.00. The van der Waals surface area contributed by atoms with Gasteiger partial charge in [0.2, 0.25) is 5.91 Å². The molecule has 0 aromatic heterocycles. The van der Waals surface area contributed by atoms with Gasteiger partial charge in [-0.05, 0) is 18.8 Å². The number of carbonyl (C=O) groups excluding carboxylic acids is 1. The largest absolute Gasteiger partial charge is 0.353 e. The summed E-state index contributed by atoms with van der Waals surface area (Å²) in [5, 5.41) is 2.83. The Morgan fingerprint density at radius 2 is 2.08 bits per heavy atom. The minimum atomic E-state index is -2.80. The summed E-state index contributed by atoms with van der Waals surface area (Å²) >= 11 is 0. The summed E-state index contributed by atoms with van der Waals surface area (Å²) in [5.41, 5.74) is 0. The fraction of sp³-hybridized carbons (Fsp3) is 0.875. The zero-order valence-electron chi connectivity index (χ0n) is 7.32. The van der Waals surface area contributed by atoms with Crippen LogP contribution in [0.25, 0.3) is 0 Å². The Hall–Kier alpha value is -0.580. The Labute approximate surface area is 77.6 Å². The summed E-state index contributed by atoms with van der Waals surface area (Å²) in [6.07, 6.45) is 2.08. The first kappa shape index (κ1) is 8.99. The second-order valence-corrected chi connectivity index (χ2v) is 6.10. The number of hydrogen-bond acceptors (Lipinski definition) is 3. The van der Waals surface area contributed by atoms with Gasteiger partial charge in [0.1, 0.15) is 0 Å². The molecule has 2 fully saturated rings. The highest BCUT2D eigenvalue weighted by Gasteiger charge is 2.36. The van der Waals surface area contributed by atoms with Crippen molar-refractivity contribution in [2.75, 3.05) is 11.5 Å². The molecule has 1 amide bonds. The van der Waals surface area contributed by atoms with Crippen LogP contribution >= 0.6 is 0 Å². The highest BCUT2D eigenvalue weighted by atomic mass is 32.2. The van der Waals surface area contributed by atoms with Crippen molar-refractivity contribution in [1.29, 1.82) is 0 Å². The summed E-state index contributed by atoms with van der Waals surface area (Å²) in [5.74, 6) is 0.785. The summed E-state index contributed by atoms with van der Waals surface area (Å²) in [7, 11) is -2.80. The highest BCUT2D eigenvalue weighted by molar-refractivity contribution is 7.91. The van der Waals surface area contributed by atoms with E-state index in [-0.39, 0.29) is 23.6 Å². The first-order valence-electron chi connectivity index (χ1n) is 4.57. The van der Waals surface area contributed by atoms with Crippen LogP contribution in [-0.4, -0.2) is 31.9 Å². The third-order valence-electron chi connectivity index (χ3n) is 2.87. The van der Waals surface area contributed by atoms with E-state index in [0.717, 1.165) is 6.42 Å². The molecule has 2 rings (SSSR count). The van der Waals surface area contributed by atoms with Gasteiger partial charge in [-0.1, -0.05) is 0 Å². The smallest absolute Gasteiger partial charge is 0.220 e. The SMILES string of the molecule is O=C1CCC(C2CCS(=O)(=O)C2)N1. The topological polar surface area (TPSA) is 63.2 Å². The van der Waals surface area contributed by atoms with Gasteiger partial charge >= 0.3 is 0 Å². The molecule has 74 valence electrons. The van der Waals surface area contributed by atoms with Crippen LogP contribution in [-0.2, 0) is 14.6 Å². The molecule has 5 heteroatoms. The summed E-state index contributed by atoms with van der Waals surface area (Å²) < 4.78 is 22.3. The average Bonchev–Trinajstić information content (AvgIpc) is 2.56. The average molecular weight is 203 g/mol. The molecule has 0 radical (unpaired) electrons. The Morgan fingerprint density at radius 1 is 1.31 bits per heavy atom. The van der Waals surface area contributed by atoms with Gasteiger partial charge in [0.05, 0.1) is 11.5 Å². The second-order valence-electron chi connectivity index (χ2n) is 3.88. The van der Waals surface area contributed by atoms with Crippen LogP contribution in [0, 0.1) is 5.92 Å². The maximum atomic E-state index is 11.2. The van der Waals surface area contributed by atoms with E-state index in [1.807, 2.05) is 0 Å². The number of sulfone groups is 1. The minimum absolute atomic E-state index is 0.0642. The third kappa shape index (κ3) is 1.85. The summed E-state index contributed by atoms with van der Waals surface area (Å²) in [4.78, 5) is 10.9. The zero-order valence-corrected chi connectivity index (χ0v) is 8.14. The lowest BCUT2D eigenvalue weighted by atomic mass is 9.98. The maximum absolute atomic E-state index is 11.2. The van der Waals surface area contributed by atoms with Crippen LogP contribution in [0.15, 0.2) is 0 Å².